The fraction of sp³-hybridized carbons (Fsp3) is 0.850. The first-order valence-electron chi connectivity index (χ1n) is 9.66. The highest BCUT2D eigenvalue weighted by atomic mass is 16.3. The largest absolute Gasteiger partial charge is 0.392 e. The average Bonchev–Trinajstić information content (AvgIpc) is 2.88. The highest BCUT2D eigenvalue weighted by Gasteiger charge is 2.90. The van der Waals surface area contributed by atoms with E-state index in [9.17, 15) is 15.0 Å². The van der Waals surface area contributed by atoms with Gasteiger partial charge in [-0.1, -0.05) is 19.1 Å². The summed E-state index contributed by atoms with van der Waals surface area (Å²) in [4.78, 5) is 15.5. The number of fused-ring (bicyclic) bond motifs is 1. The molecule has 3 aliphatic heterocycles. The van der Waals surface area contributed by atoms with Crippen molar-refractivity contribution >= 4 is 5.78 Å². The predicted octanol–water partition coefficient (Wildman–Crippen LogP) is 0.972. The smallest absolute Gasteiger partial charge is 0.134 e. The van der Waals surface area contributed by atoms with Crippen molar-refractivity contribution in [2.75, 3.05) is 6.54 Å². The van der Waals surface area contributed by atoms with Crippen molar-refractivity contribution in [3.8, 4) is 0 Å². The summed E-state index contributed by atoms with van der Waals surface area (Å²) in [6, 6.07) is 0.897. The lowest BCUT2D eigenvalue weighted by atomic mass is 9.40. The van der Waals surface area contributed by atoms with Crippen LogP contribution in [-0.2, 0) is 4.79 Å². The van der Waals surface area contributed by atoms with E-state index in [2.05, 4.69) is 18.4 Å². The van der Waals surface area contributed by atoms with Gasteiger partial charge in [0.15, 0.2) is 0 Å². The molecule has 128 valence electrons. The Balaban J connectivity index is 1.55. The topological polar surface area (TPSA) is 60.8 Å². The van der Waals surface area contributed by atoms with Crippen molar-refractivity contribution < 1.29 is 15.0 Å². The molecule has 24 heavy (non-hydrogen) atoms. The summed E-state index contributed by atoms with van der Waals surface area (Å²) in [5.74, 6) is 1.23. The minimum absolute atomic E-state index is 0.00979. The van der Waals surface area contributed by atoms with Gasteiger partial charge in [-0.3, -0.25) is 9.69 Å². The van der Waals surface area contributed by atoms with Crippen LogP contribution in [0.2, 0.25) is 0 Å². The molecule has 2 spiro atoms. The van der Waals surface area contributed by atoms with E-state index in [0.717, 1.165) is 31.4 Å². The van der Waals surface area contributed by atoms with Crippen LogP contribution in [0.1, 0.15) is 32.6 Å². The first-order chi connectivity index (χ1) is 11.4. The predicted molar refractivity (Wildman–Crippen MR) is 85.8 cm³/mol. The van der Waals surface area contributed by atoms with Crippen LogP contribution in [0.25, 0.3) is 0 Å². The lowest BCUT2D eigenvalue weighted by Gasteiger charge is -2.65. The molecule has 3 saturated heterocycles. The van der Waals surface area contributed by atoms with Crippen molar-refractivity contribution in [2.45, 2.75) is 56.9 Å². The van der Waals surface area contributed by atoms with Gasteiger partial charge in [0.25, 0.3) is 0 Å². The molecule has 9 rings (SSSR count). The first kappa shape index (κ1) is 13.5. The average molecular weight is 327 g/mol. The van der Waals surface area contributed by atoms with E-state index < -0.39 is 12.2 Å². The van der Waals surface area contributed by atoms with Gasteiger partial charge in [-0.05, 0) is 35.5 Å². The minimum Gasteiger partial charge on any atom is -0.392 e. The van der Waals surface area contributed by atoms with E-state index in [1.54, 1.807) is 0 Å². The first-order valence-corrected chi connectivity index (χ1v) is 9.66. The monoisotopic (exact) mass is 327 g/mol. The Labute approximate surface area is 141 Å². The quantitative estimate of drug-likeness (QED) is 0.651. The summed E-state index contributed by atoms with van der Waals surface area (Å²) in [5.41, 5.74) is 1.10. The second-order valence-corrected chi connectivity index (χ2v) is 10.6. The summed E-state index contributed by atoms with van der Waals surface area (Å²) < 4.78 is 0. The summed E-state index contributed by atoms with van der Waals surface area (Å²) >= 11 is 0. The molecule has 4 heteroatoms. The number of piperidine rings is 2. The Morgan fingerprint density at radius 2 is 1.96 bits per heavy atom. The van der Waals surface area contributed by atoms with Crippen LogP contribution in [0.15, 0.2) is 12.2 Å². The van der Waals surface area contributed by atoms with Crippen LogP contribution in [0.5, 0.6) is 0 Å². The lowest BCUT2D eigenvalue weighted by Crippen LogP contribution is -2.67. The van der Waals surface area contributed by atoms with Crippen molar-refractivity contribution in [2.24, 2.45) is 39.9 Å². The third-order valence-corrected chi connectivity index (χ3v) is 9.96. The molecular weight excluding hydrogens is 302 g/mol. The molecular formula is C20H25NO3. The number of carbonyl (C=O) groups is 1. The Hall–Kier alpha value is -0.710. The van der Waals surface area contributed by atoms with Crippen LogP contribution >= 0.6 is 0 Å². The van der Waals surface area contributed by atoms with E-state index in [1.165, 1.54) is 0 Å². The van der Waals surface area contributed by atoms with Crippen LogP contribution in [-0.4, -0.2) is 51.7 Å². The molecule has 6 saturated carbocycles. The summed E-state index contributed by atoms with van der Waals surface area (Å²) in [5, 5.41) is 22.5. The van der Waals surface area contributed by atoms with E-state index in [4.69, 9.17) is 0 Å². The third kappa shape index (κ3) is 0.945. The lowest BCUT2D eigenvalue weighted by molar-refractivity contribution is -0.207. The SMILES string of the molecule is C=C1C[C@]23C[C@H]4C5C67CC(=O)C[C@@]5(C)CN4C6C2C(O)[C@H]1C(O)C73. The van der Waals surface area contributed by atoms with Gasteiger partial charge >= 0.3 is 0 Å². The molecule has 6 aliphatic carbocycles. The molecule has 0 amide bonds. The molecule has 9 bridgehead atoms. The number of rotatable bonds is 0. The maximum absolute atomic E-state index is 12.8. The second-order valence-electron chi connectivity index (χ2n) is 10.6. The normalized spacial score (nSPS) is 73.0. The molecule has 9 aliphatic rings. The van der Waals surface area contributed by atoms with E-state index >= 15 is 0 Å². The van der Waals surface area contributed by atoms with E-state index in [1.807, 2.05) is 0 Å². The standard InChI is InChI=1S/C20H25NO3/c1-8-3-19-6-10-15-18(2)4-9(22)5-20(15)16(19)14(24)11(8)13(23)12(19)17(20)21(10)7-18/h10-17,23-24H,1,3-7H2,2H3/t10-,11-,12?,13?,14?,15?,16?,17?,18-,19-,20?/m0/s1. The Kier molecular flexibility index (Phi) is 1.86. The molecule has 12 atom stereocenters. The van der Waals surface area contributed by atoms with Crippen LogP contribution in [0, 0.1) is 39.9 Å². The number of aliphatic hydroxyl groups excluding tert-OH is 2. The highest BCUT2D eigenvalue weighted by molar-refractivity contribution is 5.82. The van der Waals surface area contributed by atoms with E-state index in [-0.39, 0.29) is 34.0 Å². The highest BCUT2D eigenvalue weighted by Crippen LogP contribution is 2.86. The molecule has 0 aromatic rings. The molecule has 0 radical (unpaired) electrons. The molecule has 2 N–H and O–H groups in total. The molecule has 4 nitrogen and oxygen atoms in total. The van der Waals surface area contributed by atoms with Crippen LogP contribution < -0.4 is 0 Å². The number of hydrogen-bond acceptors (Lipinski definition) is 4. The van der Waals surface area contributed by atoms with Gasteiger partial charge in [-0.25, -0.2) is 0 Å². The van der Waals surface area contributed by atoms with Gasteiger partial charge < -0.3 is 10.2 Å². The molecule has 8 unspecified atom stereocenters. The fourth-order valence-electron chi connectivity index (χ4n) is 10.4. The minimum atomic E-state index is -0.501. The Morgan fingerprint density at radius 3 is 2.75 bits per heavy atom. The van der Waals surface area contributed by atoms with Gasteiger partial charge in [-0.15, -0.1) is 0 Å². The number of carbonyl (C=O) groups excluding carboxylic acids is 1. The summed E-state index contributed by atoms with van der Waals surface area (Å²) in [7, 11) is 0. The van der Waals surface area contributed by atoms with Crippen molar-refractivity contribution in [1.29, 1.82) is 0 Å². The molecule has 0 aromatic heterocycles. The fourth-order valence-corrected chi connectivity index (χ4v) is 10.4. The maximum Gasteiger partial charge on any atom is 0.134 e. The zero-order valence-corrected chi connectivity index (χ0v) is 14.1. The van der Waals surface area contributed by atoms with Gasteiger partial charge in [0.05, 0.1) is 12.2 Å². The second kappa shape index (κ2) is 3.30. The Bertz CT molecular complexity index is 749. The van der Waals surface area contributed by atoms with E-state index in [0.29, 0.717) is 30.2 Å². The molecule has 9 fully saturated rings. The zero-order chi connectivity index (χ0) is 16.4. The third-order valence-electron chi connectivity index (χ3n) is 9.96. The van der Waals surface area contributed by atoms with Crippen molar-refractivity contribution in [3.63, 3.8) is 0 Å². The van der Waals surface area contributed by atoms with Gasteiger partial charge in [-0.2, -0.15) is 0 Å². The van der Waals surface area contributed by atoms with Crippen LogP contribution in [0.4, 0.5) is 0 Å². The Morgan fingerprint density at radius 1 is 1.17 bits per heavy atom. The number of ketones is 1. The van der Waals surface area contributed by atoms with Crippen LogP contribution in [0.3, 0.4) is 0 Å². The maximum atomic E-state index is 12.8. The summed E-state index contributed by atoms with van der Waals surface area (Å²) in [6.45, 7) is 7.58. The number of nitrogens with zero attached hydrogens (tertiary/aromatic N) is 1. The molecule has 3 heterocycles. The molecule has 0 aromatic carbocycles. The zero-order valence-electron chi connectivity index (χ0n) is 14.1. The number of aliphatic hydroxyl groups is 2. The number of hydrogen-bond donors (Lipinski definition) is 2. The van der Waals surface area contributed by atoms with Gasteiger partial charge in [0, 0.05) is 48.7 Å². The van der Waals surface area contributed by atoms with Crippen molar-refractivity contribution in [1.82, 2.24) is 4.90 Å². The number of Topliss-reactive ketones (excluding diaryl/α,β-unsaturated/α-hetero) is 1. The van der Waals surface area contributed by atoms with Gasteiger partial charge in [0.1, 0.15) is 5.78 Å². The van der Waals surface area contributed by atoms with Crippen molar-refractivity contribution in [3.05, 3.63) is 12.2 Å². The summed E-state index contributed by atoms with van der Waals surface area (Å²) in [6.07, 6.45) is 2.48. The van der Waals surface area contributed by atoms with Gasteiger partial charge in [0.2, 0.25) is 0 Å².